The molecule has 0 radical (unpaired) electrons. The molecule has 1 rings (SSSR count). The molecule has 0 fully saturated rings. The van der Waals surface area contributed by atoms with E-state index in [1.807, 2.05) is 6.08 Å². The second-order valence-corrected chi connectivity index (χ2v) is 8.27. The number of hydrogen-bond acceptors (Lipinski definition) is 3. The monoisotopic (exact) mass is 403 g/mol. The van der Waals surface area contributed by atoms with Crippen LogP contribution in [0.2, 0.25) is 0 Å². The molecule has 0 aliphatic rings. The average Bonchev–Trinajstić information content (AvgIpc) is 2.70. The van der Waals surface area contributed by atoms with Crippen molar-refractivity contribution in [1.29, 1.82) is 0 Å². The van der Waals surface area contributed by atoms with Crippen molar-refractivity contribution in [1.82, 2.24) is 5.32 Å². The van der Waals surface area contributed by atoms with Crippen molar-refractivity contribution >= 4 is 0 Å². The van der Waals surface area contributed by atoms with Gasteiger partial charge in [-0.1, -0.05) is 69.6 Å². The molecule has 0 aromatic heterocycles. The second kappa shape index (κ2) is 17.5. The summed E-state index contributed by atoms with van der Waals surface area (Å²) in [6.07, 6.45) is 16.8. The van der Waals surface area contributed by atoms with Crippen molar-refractivity contribution in [2.45, 2.75) is 97.4 Å². The summed E-state index contributed by atoms with van der Waals surface area (Å²) in [6.45, 7) is 11.2. The summed E-state index contributed by atoms with van der Waals surface area (Å²) in [5, 5.41) is 12.4. The van der Waals surface area contributed by atoms with E-state index in [4.69, 9.17) is 9.84 Å². The Morgan fingerprint density at radius 1 is 0.862 bits per heavy atom. The fourth-order valence-electron chi connectivity index (χ4n) is 3.78. The number of benzene rings is 1. The number of aliphatic hydroxyl groups is 1. The van der Waals surface area contributed by atoms with Crippen molar-refractivity contribution in [2.75, 3.05) is 19.8 Å². The predicted molar refractivity (Wildman–Crippen MR) is 126 cm³/mol. The normalized spacial score (nSPS) is 11.0. The van der Waals surface area contributed by atoms with Gasteiger partial charge >= 0.3 is 0 Å². The van der Waals surface area contributed by atoms with Gasteiger partial charge < -0.3 is 15.2 Å². The van der Waals surface area contributed by atoms with Crippen molar-refractivity contribution in [3.8, 4) is 5.75 Å². The molecule has 0 spiro atoms. The lowest BCUT2D eigenvalue weighted by molar-refractivity contribution is 0.282. The van der Waals surface area contributed by atoms with E-state index >= 15 is 0 Å². The van der Waals surface area contributed by atoms with Gasteiger partial charge in [0, 0.05) is 13.2 Å². The first-order valence-electron chi connectivity index (χ1n) is 11.8. The van der Waals surface area contributed by atoms with Crippen LogP contribution in [0.15, 0.2) is 24.8 Å². The molecule has 0 heterocycles. The minimum absolute atomic E-state index is 0.351. The van der Waals surface area contributed by atoms with E-state index in [1.54, 1.807) is 0 Å². The highest BCUT2D eigenvalue weighted by Crippen LogP contribution is 2.25. The Morgan fingerprint density at radius 2 is 1.41 bits per heavy atom. The Kier molecular flexibility index (Phi) is 15.5. The first-order valence-corrected chi connectivity index (χ1v) is 11.8. The molecule has 29 heavy (non-hydrogen) atoms. The highest BCUT2D eigenvalue weighted by molar-refractivity contribution is 5.43. The topological polar surface area (TPSA) is 41.5 Å². The standard InChI is InChI=1S/C26H45NO2/c1-4-5-16-19-29-26-23(2)20-25(21-24(26)3)22-27-17-14-12-10-8-6-7-9-11-13-15-18-28/h4,20-21,27-28H,1,5-19,22H2,2-3H3. The summed E-state index contributed by atoms with van der Waals surface area (Å²) in [5.74, 6) is 1.05. The van der Waals surface area contributed by atoms with E-state index in [2.05, 4.69) is 37.9 Å². The second-order valence-electron chi connectivity index (χ2n) is 8.27. The predicted octanol–water partition coefficient (Wildman–Crippen LogP) is 6.63. The van der Waals surface area contributed by atoms with E-state index in [0.717, 1.165) is 44.7 Å². The number of allylic oxidation sites excluding steroid dienone is 1. The lowest BCUT2D eigenvalue weighted by Gasteiger charge is -2.14. The zero-order valence-electron chi connectivity index (χ0n) is 19.1. The van der Waals surface area contributed by atoms with Gasteiger partial charge in [0.05, 0.1) is 6.61 Å². The third kappa shape index (κ3) is 12.8. The Hall–Kier alpha value is -1.32. The minimum atomic E-state index is 0.351. The molecule has 0 aliphatic heterocycles. The first kappa shape index (κ1) is 25.7. The number of unbranched alkanes of at least 4 members (excludes halogenated alkanes) is 10. The van der Waals surface area contributed by atoms with Crippen LogP contribution in [0.4, 0.5) is 0 Å². The summed E-state index contributed by atoms with van der Waals surface area (Å²) in [5.41, 5.74) is 3.81. The summed E-state index contributed by atoms with van der Waals surface area (Å²) >= 11 is 0. The Morgan fingerprint density at radius 3 is 1.97 bits per heavy atom. The Balaban J connectivity index is 2.07. The summed E-state index contributed by atoms with van der Waals surface area (Å²) in [4.78, 5) is 0. The summed E-state index contributed by atoms with van der Waals surface area (Å²) in [7, 11) is 0. The van der Waals surface area contributed by atoms with Crippen LogP contribution in [0, 0.1) is 13.8 Å². The molecule has 0 unspecified atom stereocenters. The number of aryl methyl sites for hydroxylation is 2. The first-order chi connectivity index (χ1) is 14.2. The van der Waals surface area contributed by atoms with Crippen molar-refractivity contribution in [3.63, 3.8) is 0 Å². The Labute approximate surface area is 179 Å². The average molecular weight is 404 g/mol. The van der Waals surface area contributed by atoms with Crippen molar-refractivity contribution < 1.29 is 9.84 Å². The van der Waals surface area contributed by atoms with Crippen LogP contribution in [0.5, 0.6) is 5.75 Å². The number of hydrogen-bond donors (Lipinski definition) is 2. The SMILES string of the molecule is C=CCCCOc1c(C)cc(CNCCCCCCCCCCCCO)cc1C. The molecule has 3 nitrogen and oxygen atoms in total. The van der Waals surface area contributed by atoms with Crippen LogP contribution >= 0.6 is 0 Å². The number of ether oxygens (including phenoxy) is 1. The van der Waals surface area contributed by atoms with Crippen LogP contribution < -0.4 is 10.1 Å². The maximum Gasteiger partial charge on any atom is 0.125 e. The van der Waals surface area contributed by atoms with Gasteiger partial charge in [-0.05, 0) is 62.8 Å². The fourth-order valence-corrected chi connectivity index (χ4v) is 3.78. The highest BCUT2D eigenvalue weighted by Gasteiger charge is 2.06. The maximum atomic E-state index is 8.76. The molecule has 2 N–H and O–H groups in total. The van der Waals surface area contributed by atoms with E-state index in [1.165, 1.54) is 74.5 Å². The van der Waals surface area contributed by atoms with Gasteiger partial charge in [-0.25, -0.2) is 0 Å². The highest BCUT2D eigenvalue weighted by atomic mass is 16.5. The lowest BCUT2D eigenvalue weighted by atomic mass is 10.1. The molecule has 166 valence electrons. The van der Waals surface area contributed by atoms with E-state index < -0.39 is 0 Å². The van der Waals surface area contributed by atoms with Gasteiger partial charge in [-0.15, -0.1) is 6.58 Å². The zero-order valence-corrected chi connectivity index (χ0v) is 19.1. The van der Waals surface area contributed by atoms with Gasteiger partial charge in [0.1, 0.15) is 5.75 Å². The van der Waals surface area contributed by atoms with Gasteiger partial charge in [0.15, 0.2) is 0 Å². The summed E-state index contributed by atoms with van der Waals surface area (Å²) < 4.78 is 5.97. The van der Waals surface area contributed by atoms with Crippen LogP contribution in [0.3, 0.4) is 0 Å². The lowest BCUT2D eigenvalue weighted by Crippen LogP contribution is -2.15. The number of aliphatic hydroxyl groups excluding tert-OH is 1. The van der Waals surface area contributed by atoms with Gasteiger partial charge in [0.2, 0.25) is 0 Å². The molecule has 0 aliphatic carbocycles. The molecule has 0 atom stereocenters. The van der Waals surface area contributed by atoms with Gasteiger partial charge in [-0.2, -0.15) is 0 Å². The molecule has 3 heteroatoms. The van der Waals surface area contributed by atoms with Crippen molar-refractivity contribution in [3.05, 3.63) is 41.5 Å². The number of rotatable bonds is 19. The van der Waals surface area contributed by atoms with E-state index in [-0.39, 0.29) is 0 Å². The van der Waals surface area contributed by atoms with E-state index in [9.17, 15) is 0 Å². The Bertz CT molecular complexity index is 519. The smallest absolute Gasteiger partial charge is 0.125 e. The van der Waals surface area contributed by atoms with Crippen LogP contribution in [0.25, 0.3) is 0 Å². The summed E-state index contributed by atoms with van der Waals surface area (Å²) in [6, 6.07) is 4.51. The molecule has 0 saturated heterocycles. The molecular weight excluding hydrogens is 358 g/mol. The third-order valence-electron chi connectivity index (χ3n) is 5.41. The van der Waals surface area contributed by atoms with Crippen LogP contribution in [0.1, 0.15) is 93.7 Å². The molecule has 1 aromatic carbocycles. The molecule has 0 saturated carbocycles. The maximum absolute atomic E-state index is 8.76. The molecule has 1 aromatic rings. The van der Waals surface area contributed by atoms with Crippen LogP contribution in [-0.2, 0) is 6.54 Å². The third-order valence-corrected chi connectivity index (χ3v) is 5.41. The van der Waals surface area contributed by atoms with Gasteiger partial charge in [-0.3, -0.25) is 0 Å². The minimum Gasteiger partial charge on any atom is -0.493 e. The molecular formula is C26H45NO2. The number of nitrogens with one attached hydrogen (secondary N) is 1. The van der Waals surface area contributed by atoms with E-state index in [0.29, 0.717) is 6.61 Å². The van der Waals surface area contributed by atoms with Crippen molar-refractivity contribution in [2.24, 2.45) is 0 Å². The van der Waals surface area contributed by atoms with Crippen LogP contribution in [-0.4, -0.2) is 24.9 Å². The molecule has 0 amide bonds. The zero-order chi connectivity index (χ0) is 21.2. The van der Waals surface area contributed by atoms with Gasteiger partial charge in [0.25, 0.3) is 0 Å². The molecule has 0 bridgehead atoms. The largest absolute Gasteiger partial charge is 0.493 e. The quantitative estimate of drug-likeness (QED) is 0.201. The fraction of sp³-hybridized carbons (Fsp3) is 0.692.